The minimum atomic E-state index is -3.93. The van der Waals surface area contributed by atoms with Gasteiger partial charge in [0.1, 0.15) is 0 Å². The summed E-state index contributed by atoms with van der Waals surface area (Å²) in [6.45, 7) is 2.62. The number of alkyl halides is 1. The Morgan fingerprint density at radius 3 is 2.39 bits per heavy atom. The van der Waals surface area contributed by atoms with Crippen LogP contribution in [0.15, 0.2) is 0 Å². The lowest BCUT2D eigenvalue weighted by molar-refractivity contribution is -0.136. The van der Waals surface area contributed by atoms with Crippen LogP contribution in [0.25, 0.3) is 0 Å². The first-order chi connectivity index (χ1) is 8.35. The van der Waals surface area contributed by atoms with E-state index >= 15 is 0 Å². The molecule has 0 saturated heterocycles. The van der Waals surface area contributed by atoms with Crippen LogP contribution >= 0.6 is 22.6 Å². The maximum Gasteiger partial charge on any atom is 0.304 e. The Kier molecular flexibility index (Phi) is 9.91. The number of carboxylic acid groups (broad SMARTS) is 1. The van der Waals surface area contributed by atoms with E-state index in [1.54, 1.807) is 0 Å². The third-order valence-corrected chi connectivity index (χ3v) is 3.37. The van der Waals surface area contributed by atoms with Gasteiger partial charge in [-0.05, 0) is 0 Å². The van der Waals surface area contributed by atoms with Crippen molar-refractivity contribution in [2.75, 3.05) is 42.9 Å². The normalized spacial score (nSPS) is 11.9. The number of hydrogen-bond acceptors (Lipinski definition) is 5. The number of halogens is 1. The molecule has 0 aromatic rings. The molecule has 0 aromatic carbocycles. The van der Waals surface area contributed by atoms with E-state index in [1.807, 2.05) is 4.90 Å². The van der Waals surface area contributed by atoms with Gasteiger partial charge in [0.05, 0.1) is 12.2 Å². The smallest absolute Gasteiger partial charge is 0.304 e. The molecule has 0 saturated carbocycles. The van der Waals surface area contributed by atoms with Gasteiger partial charge in [-0.2, -0.15) is 8.42 Å². The van der Waals surface area contributed by atoms with E-state index in [-0.39, 0.29) is 18.7 Å². The molecule has 0 bridgehead atoms. The maximum absolute atomic E-state index is 10.6. The largest absolute Gasteiger partial charge is 0.481 e. The molecule has 0 rings (SSSR count). The van der Waals surface area contributed by atoms with Crippen molar-refractivity contribution in [3.05, 3.63) is 0 Å². The van der Waals surface area contributed by atoms with Crippen LogP contribution in [0.1, 0.15) is 6.42 Å². The van der Waals surface area contributed by atoms with Gasteiger partial charge in [-0.3, -0.25) is 9.35 Å². The van der Waals surface area contributed by atoms with Gasteiger partial charge >= 0.3 is 5.97 Å². The van der Waals surface area contributed by atoms with E-state index in [2.05, 4.69) is 27.9 Å². The molecule has 9 heteroatoms. The highest BCUT2D eigenvalue weighted by Crippen LogP contribution is 1.93. The topological polar surface area (TPSA) is 107 Å². The minimum absolute atomic E-state index is 0.0668. The molecule has 0 aliphatic rings. The lowest BCUT2D eigenvalue weighted by Crippen LogP contribution is -2.37. The molecule has 3 N–H and O–H groups in total. The van der Waals surface area contributed by atoms with Crippen molar-refractivity contribution in [2.45, 2.75) is 6.42 Å². The molecule has 0 heterocycles. The van der Waals surface area contributed by atoms with Gasteiger partial charge in [-0.25, -0.2) is 0 Å². The number of hydrogen-bond donors (Lipinski definition) is 3. The molecular formula is C9H19IN2O5S. The van der Waals surface area contributed by atoms with Crippen molar-refractivity contribution in [1.82, 2.24) is 10.2 Å². The Hall–Kier alpha value is 0.0300. The lowest BCUT2D eigenvalue weighted by atomic mass is 10.4. The first kappa shape index (κ1) is 18.0. The Balaban J connectivity index is 3.79. The average Bonchev–Trinajstić information content (AvgIpc) is 2.23. The molecule has 0 aromatic heterocycles. The van der Waals surface area contributed by atoms with Crippen LogP contribution in [0.5, 0.6) is 0 Å². The van der Waals surface area contributed by atoms with E-state index in [1.165, 1.54) is 0 Å². The molecule has 0 atom stereocenters. The first-order valence-electron chi connectivity index (χ1n) is 5.51. The van der Waals surface area contributed by atoms with Gasteiger partial charge < -0.3 is 15.3 Å². The molecule has 0 spiro atoms. The van der Waals surface area contributed by atoms with Crippen molar-refractivity contribution in [1.29, 1.82) is 0 Å². The molecule has 0 radical (unpaired) electrons. The summed E-state index contributed by atoms with van der Waals surface area (Å²) in [7, 11) is -3.93. The average molecular weight is 394 g/mol. The van der Waals surface area contributed by atoms with E-state index < -0.39 is 16.1 Å². The van der Waals surface area contributed by atoms with Gasteiger partial charge in [-0.15, -0.1) is 0 Å². The summed E-state index contributed by atoms with van der Waals surface area (Å²) in [5, 5.41) is 11.4. The quantitative estimate of drug-likeness (QED) is 0.191. The Morgan fingerprint density at radius 1 is 1.22 bits per heavy atom. The van der Waals surface area contributed by atoms with Crippen molar-refractivity contribution in [3.8, 4) is 0 Å². The summed E-state index contributed by atoms with van der Waals surface area (Å²) in [5.74, 6) is -1.13. The third-order valence-electron chi connectivity index (χ3n) is 2.19. The zero-order valence-corrected chi connectivity index (χ0v) is 13.0. The molecule has 0 amide bonds. The Labute approximate surface area is 121 Å². The highest BCUT2D eigenvalue weighted by atomic mass is 127. The lowest BCUT2D eigenvalue weighted by Gasteiger charge is -2.20. The van der Waals surface area contributed by atoms with Crippen LogP contribution < -0.4 is 5.32 Å². The van der Waals surface area contributed by atoms with Crippen molar-refractivity contribution in [3.63, 3.8) is 0 Å². The Bertz CT molecular complexity index is 336. The van der Waals surface area contributed by atoms with E-state index in [0.29, 0.717) is 19.6 Å². The minimum Gasteiger partial charge on any atom is -0.481 e. The van der Waals surface area contributed by atoms with Crippen LogP contribution in [-0.2, 0) is 14.9 Å². The summed E-state index contributed by atoms with van der Waals surface area (Å²) in [6.07, 6.45) is 0.0668. The van der Waals surface area contributed by atoms with Gasteiger partial charge in [0.25, 0.3) is 10.1 Å². The summed E-state index contributed by atoms with van der Waals surface area (Å²) in [5.41, 5.74) is 0. The third kappa shape index (κ3) is 12.5. The van der Waals surface area contributed by atoms with Gasteiger partial charge in [-0.1, -0.05) is 22.6 Å². The van der Waals surface area contributed by atoms with E-state index in [9.17, 15) is 13.2 Å². The number of nitrogens with zero attached hydrogens (tertiary/aromatic N) is 1. The molecule has 0 fully saturated rings. The number of rotatable bonds is 11. The SMILES string of the molecule is O=C(O)CCNCCN(CCI)CCS(=O)(=O)O. The molecule has 7 nitrogen and oxygen atoms in total. The predicted octanol–water partition coefficient (Wildman–Crippen LogP) is -0.324. The summed E-state index contributed by atoms with van der Waals surface area (Å²) >= 11 is 2.19. The Morgan fingerprint density at radius 2 is 1.89 bits per heavy atom. The van der Waals surface area contributed by atoms with Crippen LogP contribution in [0, 0.1) is 0 Å². The summed E-state index contributed by atoms with van der Waals surface area (Å²) < 4.78 is 30.8. The molecular weight excluding hydrogens is 375 g/mol. The highest BCUT2D eigenvalue weighted by Gasteiger charge is 2.09. The molecule has 108 valence electrons. The van der Waals surface area contributed by atoms with Crippen molar-refractivity contribution < 1.29 is 22.9 Å². The van der Waals surface area contributed by atoms with Gasteiger partial charge in [0.2, 0.25) is 0 Å². The second kappa shape index (κ2) is 9.89. The van der Waals surface area contributed by atoms with Gasteiger partial charge in [0.15, 0.2) is 0 Å². The number of aliphatic carboxylic acids is 1. The fraction of sp³-hybridized carbons (Fsp3) is 0.889. The molecule has 0 unspecified atom stereocenters. The summed E-state index contributed by atoms with van der Waals surface area (Å²) in [6, 6.07) is 0. The zero-order chi connectivity index (χ0) is 14.0. The first-order valence-corrected chi connectivity index (χ1v) is 8.64. The van der Waals surface area contributed by atoms with Crippen LogP contribution in [-0.4, -0.2) is 71.9 Å². The zero-order valence-electron chi connectivity index (χ0n) is 10.0. The second-order valence-electron chi connectivity index (χ2n) is 3.71. The van der Waals surface area contributed by atoms with Gasteiger partial charge in [0, 0.05) is 37.2 Å². The molecule has 0 aliphatic carbocycles. The fourth-order valence-corrected chi connectivity index (χ4v) is 2.43. The van der Waals surface area contributed by atoms with Crippen LogP contribution in [0.4, 0.5) is 0 Å². The second-order valence-corrected chi connectivity index (χ2v) is 6.36. The fourth-order valence-electron chi connectivity index (χ4n) is 1.26. The summed E-state index contributed by atoms with van der Waals surface area (Å²) in [4.78, 5) is 12.2. The maximum atomic E-state index is 10.6. The standard InChI is InChI=1S/C9H19IN2O5S/c10-2-5-12(7-8-18(15,16)17)6-4-11-3-1-9(13)14/h11H,1-8H2,(H,13,14)(H,15,16,17). The van der Waals surface area contributed by atoms with E-state index in [4.69, 9.17) is 9.66 Å². The van der Waals surface area contributed by atoms with Crippen molar-refractivity contribution >= 4 is 38.7 Å². The van der Waals surface area contributed by atoms with Crippen LogP contribution in [0.3, 0.4) is 0 Å². The molecule has 0 aliphatic heterocycles. The monoisotopic (exact) mass is 394 g/mol. The predicted molar refractivity (Wildman–Crippen MR) is 76.9 cm³/mol. The van der Waals surface area contributed by atoms with Crippen molar-refractivity contribution in [2.24, 2.45) is 0 Å². The van der Waals surface area contributed by atoms with E-state index in [0.717, 1.165) is 11.0 Å². The number of carbonyl (C=O) groups is 1. The highest BCUT2D eigenvalue weighted by molar-refractivity contribution is 14.1. The number of carboxylic acids is 1. The van der Waals surface area contributed by atoms with Crippen LogP contribution in [0.2, 0.25) is 0 Å². The number of nitrogens with one attached hydrogen (secondary N) is 1. The molecule has 18 heavy (non-hydrogen) atoms.